The number of benzene rings is 1. The number of aromatic nitrogens is 1. The molecular formula is C13H11ClN2O. The maximum atomic E-state index is 11.1. The topological polar surface area (TPSA) is 45.8 Å². The van der Waals surface area contributed by atoms with Crippen LogP contribution in [0.4, 0.5) is 0 Å². The molecule has 0 bridgehead atoms. The Bertz CT molecular complexity index is 595. The number of unbranched alkanes of at least 4 members (excludes halogenated alkanes) is 1. The minimum atomic E-state index is 0.475. The Labute approximate surface area is 104 Å². The lowest BCUT2D eigenvalue weighted by Gasteiger charge is -2.05. The summed E-state index contributed by atoms with van der Waals surface area (Å²) in [7, 11) is 0. The van der Waals surface area contributed by atoms with Gasteiger partial charge in [-0.3, -0.25) is 4.79 Å². The molecule has 0 aliphatic carbocycles. The van der Waals surface area contributed by atoms with Crippen molar-refractivity contribution in [2.75, 3.05) is 0 Å². The van der Waals surface area contributed by atoms with Crippen LogP contribution in [0.2, 0.25) is 5.02 Å². The van der Waals surface area contributed by atoms with Gasteiger partial charge in [0.1, 0.15) is 5.69 Å². The van der Waals surface area contributed by atoms with Crippen LogP contribution in [0.1, 0.15) is 23.3 Å². The van der Waals surface area contributed by atoms with Gasteiger partial charge in [0, 0.05) is 18.4 Å². The Morgan fingerprint density at radius 1 is 1.41 bits per heavy atom. The Balaban J connectivity index is 2.51. The molecule has 0 amide bonds. The molecule has 86 valence electrons. The molecule has 17 heavy (non-hydrogen) atoms. The standard InChI is InChI=1S/C13H11ClN2O/c14-13-10-5-1-2-6-11(10)16(12(13)9-17)8-4-3-7-15/h1-2,5-6,9H,3-4,8H2. The third kappa shape index (κ3) is 2.04. The van der Waals surface area contributed by atoms with Crippen LogP contribution in [0, 0.1) is 11.3 Å². The molecule has 0 radical (unpaired) electrons. The molecule has 0 fully saturated rings. The lowest BCUT2D eigenvalue weighted by Crippen LogP contribution is -2.02. The molecule has 0 aliphatic rings. The van der Waals surface area contributed by atoms with E-state index in [1.807, 2.05) is 28.8 Å². The first-order valence-corrected chi connectivity index (χ1v) is 5.76. The van der Waals surface area contributed by atoms with Gasteiger partial charge in [0.2, 0.25) is 0 Å². The van der Waals surface area contributed by atoms with Gasteiger partial charge in [-0.1, -0.05) is 29.8 Å². The highest BCUT2D eigenvalue weighted by molar-refractivity contribution is 6.38. The number of nitrogens with zero attached hydrogens (tertiary/aromatic N) is 2. The summed E-state index contributed by atoms with van der Waals surface area (Å²) >= 11 is 6.16. The number of fused-ring (bicyclic) bond motifs is 1. The van der Waals surface area contributed by atoms with Gasteiger partial charge in [0.05, 0.1) is 16.6 Å². The van der Waals surface area contributed by atoms with E-state index in [1.165, 1.54) is 0 Å². The van der Waals surface area contributed by atoms with E-state index in [9.17, 15) is 4.79 Å². The molecule has 4 heteroatoms. The van der Waals surface area contributed by atoms with E-state index in [4.69, 9.17) is 16.9 Å². The van der Waals surface area contributed by atoms with Crippen molar-refractivity contribution >= 4 is 28.8 Å². The molecule has 1 heterocycles. The minimum absolute atomic E-state index is 0.475. The largest absolute Gasteiger partial charge is 0.337 e. The van der Waals surface area contributed by atoms with Gasteiger partial charge in [-0.15, -0.1) is 0 Å². The molecule has 3 nitrogen and oxygen atoms in total. The second-order valence-corrected chi connectivity index (χ2v) is 4.13. The van der Waals surface area contributed by atoms with Gasteiger partial charge in [-0.05, 0) is 12.5 Å². The molecule has 2 aromatic rings. The first-order valence-electron chi connectivity index (χ1n) is 5.38. The van der Waals surface area contributed by atoms with Crippen molar-refractivity contribution in [2.45, 2.75) is 19.4 Å². The molecule has 2 rings (SSSR count). The number of carbonyl (C=O) groups is 1. The second-order valence-electron chi connectivity index (χ2n) is 3.75. The zero-order valence-electron chi connectivity index (χ0n) is 9.19. The third-order valence-electron chi connectivity index (χ3n) is 2.73. The summed E-state index contributed by atoms with van der Waals surface area (Å²) in [4.78, 5) is 11.1. The van der Waals surface area contributed by atoms with Crippen LogP contribution in [0.5, 0.6) is 0 Å². The lowest BCUT2D eigenvalue weighted by molar-refractivity contribution is 0.111. The van der Waals surface area contributed by atoms with Crippen LogP contribution in [0.15, 0.2) is 24.3 Å². The lowest BCUT2D eigenvalue weighted by atomic mass is 10.2. The summed E-state index contributed by atoms with van der Waals surface area (Å²) in [5.74, 6) is 0. The van der Waals surface area contributed by atoms with Crippen molar-refractivity contribution in [3.05, 3.63) is 35.0 Å². The number of rotatable bonds is 4. The highest BCUT2D eigenvalue weighted by atomic mass is 35.5. The Kier molecular flexibility index (Phi) is 3.46. The molecular weight excluding hydrogens is 236 g/mol. The van der Waals surface area contributed by atoms with Gasteiger partial charge in [-0.25, -0.2) is 0 Å². The smallest absolute Gasteiger partial charge is 0.168 e. The van der Waals surface area contributed by atoms with Crippen molar-refractivity contribution in [1.29, 1.82) is 5.26 Å². The van der Waals surface area contributed by atoms with Crippen LogP contribution >= 0.6 is 11.6 Å². The number of hydrogen-bond acceptors (Lipinski definition) is 2. The van der Waals surface area contributed by atoms with E-state index < -0.39 is 0 Å². The fourth-order valence-electron chi connectivity index (χ4n) is 1.95. The van der Waals surface area contributed by atoms with Gasteiger partial charge in [0.25, 0.3) is 0 Å². The van der Waals surface area contributed by atoms with Crippen LogP contribution in [-0.2, 0) is 6.54 Å². The zero-order valence-corrected chi connectivity index (χ0v) is 9.94. The number of hydrogen-bond donors (Lipinski definition) is 0. The number of carbonyl (C=O) groups excluding carboxylic acids is 1. The van der Waals surface area contributed by atoms with Crippen molar-refractivity contribution in [3.63, 3.8) is 0 Å². The van der Waals surface area contributed by atoms with E-state index in [0.717, 1.165) is 17.2 Å². The van der Waals surface area contributed by atoms with Gasteiger partial charge < -0.3 is 4.57 Å². The summed E-state index contributed by atoms with van der Waals surface area (Å²) in [5, 5.41) is 9.91. The van der Waals surface area contributed by atoms with E-state index in [-0.39, 0.29) is 0 Å². The molecule has 0 unspecified atom stereocenters. The summed E-state index contributed by atoms with van der Waals surface area (Å²) in [6.45, 7) is 0.634. The number of aryl methyl sites for hydroxylation is 1. The first kappa shape index (κ1) is 11.7. The summed E-state index contributed by atoms with van der Waals surface area (Å²) < 4.78 is 1.88. The molecule has 0 saturated heterocycles. The minimum Gasteiger partial charge on any atom is -0.337 e. The molecule has 0 spiro atoms. The second kappa shape index (κ2) is 5.03. The van der Waals surface area contributed by atoms with Crippen LogP contribution < -0.4 is 0 Å². The quantitative estimate of drug-likeness (QED) is 0.613. The van der Waals surface area contributed by atoms with E-state index in [2.05, 4.69) is 6.07 Å². The predicted molar refractivity (Wildman–Crippen MR) is 67.2 cm³/mol. The molecule has 0 saturated carbocycles. The fraction of sp³-hybridized carbons (Fsp3) is 0.231. The van der Waals surface area contributed by atoms with E-state index in [1.54, 1.807) is 0 Å². The van der Waals surface area contributed by atoms with E-state index >= 15 is 0 Å². The number of para-hydroxylation sites is 1. The van der Waals surface area contributed by atoms with Gasteiger partial charge in [-0.2, -0.15) is 5.26 Å². The summed E-state index contributed by atoms with van der Waals surface area (Å²) in [6, 6.07) is 9.72. The monoisotopic (exact) mass is 246 g/mol. The highest BCUT2D eigenvalue weighted by Gasteiger charge is 2.13. The zero-order chi connectivity index (χ0) is 12.3. The van der Waals surface area contributed by atoms with Crippen LogP contribution in [0.3, 0.4) is 0 Å². The Morgan fingerprint density at radius 2 is 2.18 bits per heavy atom. The molecule has 1 aromatic heterocycles. The fourth-order valence-corrected chi connectivity index (χ4v) is 2.26. The SMILES string of the molecule is N#CCCCn1c(C=O)c(Cl)c2ccccc21. The maximum Gasteiger partial charge on any atom is 0.168 e. The molecule has 1 aromatic carbocycles. The van der Waals surface area contributed by atoms with Crippen molar-refractivity contribution in [2.24, 2.45) is 0 Å². The van der Waals surface area contributed by atoms with Crippen molar-refractivity contribution in [1.82, 2.24) is 4.57 Å². The normalized spacial score (nSPS) is 10.4. The molecule has 0 N–H and O–H groups in total. The number of aldehydes is 1. The maximum absolute atomic E-state index is 11.1. The van der Waals surface area contributed by atoms with Gasteiger partial charge in [0.15, 0.2) is 6.29 Å². The summed E-state index contributed by atoms with van der Waals surface area (Å²) in [6.07, 6.45) is 1.96. The Hall–Kier alpha value is -1.79. The Morgan fingerprint density at radius 3 is 2.88 bits per heavy atom. The van der Waals surface area contributed by atoms with Crippen LogP contribution in [0.25, 0.3) is 10.9 Å². The molecule has 0 atom stereocenters. The number of nitriles is 1. The molecule has 0 aliphatic heterocycles. The number of halogens is 1. The summed E-state index contributed by atoms with van der Waals surface area (Å²) in [5.41, 5.74) is 1.43. The van der Waals surface area contributed by atoms with Crippen LogP contribution in [-0.4, -0.2) is 10.9 Å². The third-order valence-corrected chi connectivity index (χ3v) is 3.13. The predicted octanol–water partition coefficient (Wildman–Crippen LogP) is 3.41. The van der Waals surface area contributed by atoms with Crippen molar-refractivity contribution in [3.8, 4) is 6.07 Å². The van der Waals surface area contributed by atoms with E-state index in [0.29, 0.717) is 30.1 Å². The highest BCUT2D eigenvalue weighted by Crippen LogP contribution is 2.29. The average Bonchev–Trinajstić information content (AvgIpc) is 2.63. The van der Waals surface area contributed by atoms with Gasteiger partial charge >= 0.3 is 0 Å². The average molecular weight is 247 g/mol. The first-order chi connectivity index (χ1) is 8.29. The van der Waals surface area contributed by atoms with Crippen molar-refractivity contribution < 1.29 is 4.79 Å².